The van der Waals surface area contributed by atoms with E-state index in [1.807, 2.05) is 0 Å². The van der Waals surface area contributed by atoms with Gasteiger partial charge in [0.1, 0.15) is 5.00 Å². The number of halogens is 4. The topological polar surface area (TPSA) is 93.7 Å². The van der Waals surface area contributed by atoms with E-state index < -0.39 is 29.7 Å². The lowest BCUT2D eigenvalue weighted by Crippen LogP contribution is -2.69. The zero-order chi connectivity index (χ0) is 27.4. The zero-order valence-corrected chi connectivity index (χ0v) is 21.4. The summed E-state index contributed by atoms with van der Waals surface area (Å²) >= 11 is 6.60. The van der Waals surface area contributed by atoms with Crippen LogP contribution in [-0.4, -0.2) is 43.4 Å². The maximum absolute atomic E-state index is 14.6. The second kappa shape index (κ2) is 11.2. The lowest BCUT2D eigenvalue weighted by Gasteiger charge is -2.34. The number of anilines is 1. The number of methoxy groups -OCH3 is 1. The van der Waals surface area contributed by atoms with Crippen LogP contribution in [0.4, 0.5) is 18.2 Å². The number of carbonyl (C=O) groups is 3. The number of ether oxygens (including phenoxy) is 2. The van der Waals surface area contributed by atoms with Gasteiger partial charge in [0, 0.05) is 15.5 Å². The fourth-order valence-electron chi connectivity index (χ4n) is 3.47. The van der Waals surface area contributed by atoms with Crippen molar-refractivity contribution in [2.24, 2.45) is 0 Å². The number of rotatable bonds is 8. The minimum absolute atomic E-state index is 0.0387. The maximum atomic E-state index is 14.6. The summed E-state index contributed by atoms with van der Waals surface area (Å²) in [6, 6.07) is 13.7. The lowest BCUT2D eigenvalue weighted by molar-refractivity contribution is -0.203. The second-order valence-electron chi connectivity index (χ2n) is 7.67. The summed E-state index contributed by atoms with van der Waals surface area (Å²) in [5.74, 6) is -3.98. The number of benzene rings is 2. The van der Waals surface area contributed by atoms with Crippen LogP contribution in [0.1, 0.15) is 33.2 Å². The largest absolute Gasteiger partial charge is 0.466 e. The van der Waals surface area contributed by atoms with E-state index in [1.165, 1.54) is 24.3 Å². The Hall–Kier alpha value is -3.57. The summed E-state index contributed by atoms with van der Waals surface area (Å²) in [7, 11) is 0.750. The van der Waals surface area contributed by atoms with Gasteiger partial charge in [0.15, 0.2) is 0 Å². The fourth-order valence-corrected chi connectivity index (χ4v) is 4.86. The number of alkyl halides is 3. The SMILES string of the molecule is CCOC(=O)c1c(N[C@](NC(=O)c2ccc(Cl)cc2)(C(=O)OC)C(F)(F)F)sc(-c2ccccc2)c1C. The van der Waals surface area contributed by atoms with Crippen molar-refractivity contribution >= 4 is 45.8 Å². The van der Waals surface area contributed by atoms with Crippen LogP contribution in [0, 0.1) is 6.92 Å². The van der Waals surface area contributed by atoms with Crippen LogP contribution in [-0.2, 0) is 14.3 Å². The number of nitrogens with one attached hydrogen (secondary N) is 2. The molecule has 0 aliphatic heterocycles. The standard InChI is InChI=1S/C25H22ClF3N2O5S/c1-4-36-22(33)18-14(2)19(15-8-6-5-7-9-15)37-21(18)31-24(23(34)35-3,25(27,28)29)30-20(32)16-10-12-17(26)13-11-16/h5-13,31H,4H2,1-3H3,(H,30,32)/t24-/m1/s1. The van der Waals surface area contributed by atoms with Crippen molar-refractivity contribution in [1.29, 1.82) is 0 Å². The summed E-state index contributed by atoms with van der Waals surface area (Å²) in [6.45, 7) is 3.06. The van der Waals surface area contributed by atoms with E-state index in [2.05, 4.69) is 10.1 Å². The maximum Gasteiger partial charge on any atom is 0.441 e. The highest BCUT2D eigenvalue weighted by Crippen LogP contribution is 2.43. The first-order valence-corrected chi connectivity index (χ1v) is 12.0. The quantitative estimate of drug-likeness (QED) is 0.269. The Labute approximate surface area is 219 Å². The van der Waals surface area contributed by atoms with E-state index in [4.69, 9.17) is 16.3 Å². The minimum Gasteiger partial charge on any atom is -0.466 e. The van der Waals surface area contributed by atoms with Crippen molar-refractivity contribution in [2.45, 2.75) is 25.7 Å². The number of thiophene rings is 1. The number of esters is 2. The van der Waals surface area contributed by atoms with Crippen molar-refractivity contribution in [3.8, 4) is 10.4 Å². The van der Waals surface area contributed by atoms with Crippen LogP contribution in [0.25, 0.3) is 10.4 Å². The Balaban J connectivity index is 2.19. The van der Waals surface area contributed by atoms with Crippen LogP contribution in [0.15, 0.2) is 54.6 Å². The molecule has 0 unspecified atom stereocenters. The predicted octanol–water partition coefficient (Wildman–Crippen LogP) is 5.83. The van der Waals surface area contributed by atoms with Crippen molar-refractivity contribution in [3.05, 3.63) is 76.3 Å². The van der Waals surface area contributed by atoms with Crippen molar-refractivity contribution in [2.75, 3.05) is 19.0 Å². The van der Waals surface area contributed by atoms with E-state index in [1.54, 1.807) is 49.5 Å². The molecule has 0 aliphatic carbocycles. The third kappa shape index (κ3) is 5.72. The number of hydrogen-bond acceptors (Lipinski definition) is 7. The Morgan fingerprint density at radius 1 is 1.03 bits per heavy atom. The molecule has 0 spiro atoms. The number of carbonyl (C=O) groups excluding carboxylic acids is 3. The molecule has 1 aromatic heterocycles. The first-order valence-electron chi connectivity index (χ1n) is 10.8. The monoisotopic (exact) mass is 554 g/mol. The summed E-state index contributed by atoms with van der Waals surface area (Å²) in [5.41, 5.74) is -3.18. The van der Waals surface area contributed by atoms with Gasteiger partial charge in [0.25, 0.3) is 5.91 Å². The molecule has 0 bridgehead atoms. The van der Waals surface area contributed by atoms with Crippen LogP contribution >= 0.6 is 22.9 Å². The van der Waals surface area contributed by atoms with Gasteiger partial charge in [-0.05, 0) is 49.2 Å². The number of hydrogen-bond donors (Lipinski definition) is 2. The number of amides is 1. The molecule has 0 saturated carbocycles. The van der Waals surface area contributed by atoms with Gasteiger partial charge < -0.3 is 20.1 Å². The average Bonchev–Trinajstić information content (AvgIpc) is 3.18. The summed E-state index contributed by atoms with van der Waals surface area (Å²) in [5, 5.41) is 3.75. The molecule has 12 heteroatoms. The molecule has 196 valence electrons. The van der Waals surface area contributed by atoms with E-state index in [0.29, 0.717) is 16.0 Å². The predicted molar refractivity (Wildman–Crippen MR) is 134 cm³/mol. The van der Waals surface area contributed by atoms with Gasteiger partial charge >= 0.3 is 23.8 Å². The molecular weight excluding hydrogens is 533 g/mol. The average molecular weight is 555 g/mol. The molecule has 0 fully saturated rings. The van der Waals surface area contributed by atoms with Gasteiger partial charge in [-0.2, -0.15) is 13.2 Å². The Morgan fingerprint density at radius 3 is 2.19 bits per heavy atom. The molecule has 3 aromatic rings. The summed E-state index contributed by atoms with van der Waals surface area (Å²) < 4.78 is 53.5. The molecule has 1 heterocycles. The van der Waals surface area contributed by atoms with Crippen LogP contribution in [0.2, 0.25) is 5.02 Å². The van der Waals surface area contributed by atoms with E-state index in [0.717, 1.165) is 18.4 Å². The molecule has 7 nitrogen and oxygen atoms in total. The molecule has 0 saturated heterocycles. The van der Waals surface area contributed by atoms with Gasteiger partial charge in [-0.3, -0.25) is 4.79 Å². The first-order chi connectivity index (χ1) is 17.4. The van der Waals surface area contributed by atoms with Gasteiger partial charge in [-0.25, -0.2) is 9.59 Å². The van der Waals surface area contributed by atoms with Gasteiger partial charge in [0.2, 0.25) is 0 Å². The normalized spacial score (nSPS) is 12.8. The van der Waals surface area contributed by atoms with Crippen LogP contribution in [0.5, 0.6) is 0 Å². The van der Waals surface area contributed by atoms with Crippen LogP contribution in [0.3, 0.4) is 0 Å². The summed E-state index contributed by atoms with van der Waals surface area (Å²) in [4.78, 5) is 38.9. The molecule has 2 aromatic carbocycles. The van der Waals surface area contributed by atoms with Crippen molar-refractivity contribution in [1.82, 2.24) is 5.32 Å². The molecule has 0 radical (unpaired) electrons. The molecule has 1 amide bonds. The minimum atomic E-state index is -5.40. The Kier molecular flexibility index (Phi) is 8.49. The Morgan fingerprint density at radius 2 is 1.65 bits per heavy atom. The highest BCUT2D eigenvalue weighted by atomic mass is 35.5. The van der Waals surface area contributed by atoms with Crippen molar-refractivity contribution in [3.63, 3.8) is 0 Å². The molecule has 1 atom stereocenters. The van der Waals surface area contributed by atoms with E-state index in [9.17, 15) is 27.6 Å². The highest BCUT2D eigenvalue weighted by molar-refractivity contribution is 7.20. The van der Waals surface area contributed by atoms with E-state index >= 15 is 0 Å². The second-order valence-corrected chi connectivity index (χ2v) is 9.13. The van der Waals surface area contributed by atoms with Crippen LogP contribution < -0.4 is 10.6 Å². The fraction of sp³-hybridized carbons (Fsp3) is 0.240. The highest BCUT2D eigenvalue weighted by Gasteiger charge is 2.64. The molecule has 0 aliphatic rings. The van der Waals surface area contributed by atoms with Gasteiger partial charge in [-0.1, -0.05) is 41.9 Å². The third-order valence-corrected chi connectivity index (χ3v) is 6.80. The van der Waals surface area contributed by atoms with E-state index in [-0.39, 0.29) is 27.8 Å². The van der Waals surface area contributed by atoms with Crippen molar-refractivity contribution < 1.29 is 37.0 Å². The first kappa shape index (κ1) is 28.0. The Bertz CT molecular complexity index is 1300. The zero-order valence-electron chi connectivity index (χ0n) is 19.9. The molecule has 2 N–H and O–H groups in total. The molecule has 3 rings (SSSR count). The molecular formula is C25H22ClF3N2O5S. The summed E-state index contributed by atoms with van der Waals surface area (Å²) in [6.07, 6.45) is -5.40. The lowest BCUT2D eigenvalue weighted by atomic mass is 10.1. The third-order valence-electron chi connectivity index (χ3n) is 5.29. The van der Waals surface area contributed by atoms with Gasteiger partial charge in [0.05, 0.1) is 19.3 Å². The molecule has 37 heavy (non-hydrogen) atoms. The van der Waals surface area contributed by atoms with Gasteiger partial charge in [-0.15, -0.1) is 11.3 Å². The smallest absolute Gasteiger partial charge is 0.441 e.